The van der Waals surface area contributed by atoms with Crippen molar-refractivity contribution in [2.75, 3.05) is 47.1 Å². The van der Waals surface area contributed by atoms with Crippen molar-refractivity contribution >= 4 is 0 Å². The Kier molecular flexibility index (Phi) is 8.62. The van der Waals surface area contributed by atoms with E-state index in [-0.39, 0.29) is 6.10 Å². The molecule has 0 aromatic heterocycles. The number of hydrogen-bond donors (Lipinski definition) is 1. The second kappa shape index (κ2) is 9.70. The third kappa shape index (κ3) is 6.70. The Labute approximate surface area is 118 Å². The van der Waals surface area contributed by atoms with Crippen LogP contribution in [0.15, 0.2) is 0 Å². The summed E-state index contributed by atoms with van der Waals surface area (Å²) in [4.78, 5) is 2.41. The van der Waals surface area contributed by atoms with Crippen molar-refractivity contribution in [1.82, 2.24) is 4.90 Å². The lowest BCUT2D eigenvalue weighted by Gasteiger charge is -2.35. The van der Waals surface area contributed by atoms with Crippen LogP contribution in [0.25, 0.3) is 0 Å². The molecule has 1 rings (SSSR count). The molecule has 0 saturated heterocycles. The van der Waals surface area contributed by atoms with E-state index in [1.807, 2.05) is 0 Å². The minimum Gasteiger partial charge on any atom is -0.393 e. The largest absolute Gasteiger partial charge is 0.393 e. The van der Waals surface area contributed by atoms with Gasteiger partial charge in [-0.25, -0.2) is 0 Å². The maximum absolute atomic E-state index is 10.2. The van der Waals surface area contributed by atoms with E-state index in [0.29, 0.717) is 5.92 Å². The molecule has 0 bridgehead atoms. The summed E-state index contributed by atoms with van der Waals surface area (Å²) in [6.07, 6.45) is 4.19. The predicted molar refractivity (Wildman–Crippen MR) is 77.3 cm³/mol. The van der Waals surface area contributed by atoms with Gasteiger partial charge in [-0.1, -0.05) is 6.92 Å². The normalized spacial score (nSPS) is 27.9. The van der Waals surface area contributed by atoms with Gasteiger partial charge in [-0.05, 0) is 37.5 Å². The zero-order valence-electron chi connectivity index (χ0n) is 12.8. The molecule has 1 fully saturated rings. The highest BCUT2D eigenvalue weighted by atomic mass is 16.5. The number of methoxy groups -OCH3 is 2. The molecular formula is C15H31NO3. The van der Waals surface area contributed by atoms with Gasteiger partial charge in [-0.2, -0.15) is 0 Å². The van der Waals surface area contributed by atoms with E-state index in [1.54, 1.807) is 14.2 Å². The van der Waals surface area contributed by atoms with E-state index < -0.39 is 0 Å². The van der Waals surface area contributed by atoms with Gasteiger partial charge in [-0.15, -0.1) is 0 Å². The van der Waals surface area contributed by atoms with E-state index >= 15 is 0 Å². The van der Waals surface area contributed by atoms with Gasteiger partial charge in [0.1, 0.15) is 0 Å². The molecule has 0 aliphatic heterocycles. The first-order valence-corrected chi connectivity index (χ1v) is 7.55. The molecule has 4 heteroatoms. The van der Waals surface area contributed by atoms with Crippen LogP contribution in [0.2, 0.25) is 0 Å². The van der Waals surface area contributed by atoms with Gasteiger partial charge >= 0.3 is 0 Å². The summed E-state index contributed by atoms with van der Waals surface area (Å²) in [6, 6.07) is 0. The Morgan fingerprint density at radius 1 is 1.11 bits per heavy atom. The summed E-state index contributed by atoms with van der Waals surface area (Å²) in [6.45, 7) is 6.80. The Bertz CT molecular complexity index is 225. The van der Waals surface area contributed by atoms with Crippen molar-refractivity contribution < 1.29 is 14.6 Å². The van der Waals surface area contributed by atoms with Crippen molar-refractivity contribution in [2.45, 2.75) is 38.7 Å². The van der Waals surface area contributed by atoms with E-state index in [2.05, 4.69) is 11.8 Å². The maximum Gasteiger partial charge on any atom is 0.0589 e. The minimum absolute atomic E-state index is 0.122. The van der Waals surface area contributed by atoms with E-state index in [1.165, 1.54) is 6.42 Å². The molecule has 1 saturated carbocycles. The molecule has 3 atom stereocenters. The van der Waals surface area contributed by atoms with Crippen molar-refractivity contribution in [1.29, 1.82) is 0 Å². The topological polar surface area (TPSA) is 41.9 Å². The molecule has 3 unspecified atom stereocenters. The van der Waals surface area contributed by atoms with Crippen LogP contribution in [0.3, 0.4) is 0 Å². The van der Waals surface area contributed by atoms with Crippen LogP contribution in [0.5, 0.6) is 0 Å². The molecule has 1 aliphatic carbocycles. The van der Waals surface area contributed by atoms with Gasteiger partial charge in [0.25, 0.3) is 0 Å². The fourth-order valence-corrected chi connectivity index (χ4v) is 2.96. The third-order valence-electron chi connectivity index (χ3n) is 4.13. The summed E-state index contributed by atoms with van der Waals surface area (Å²) in [5.74, 6) is 1.17. The first-order valence-electron chi connectivity index (χ1n) is 7.55. The third-order valence-corrected chi connectivity index (χ3v) is 4.13. The lowest BCUT2D eigenvalue weighted by atomic mass is 9.80. The molecule has 1 N–H and O–H groups in total. The van der Waals surface area contributed by atoms with Crippen LogP contribution in [0.1, 0.15) is 32.6 Å². The summed E-state index contributed by atoms with van der Waals surface area (Å²) in [5, 5.41) is 10.2. The Hall–Kier alpha value is -0.160. The van der Waals surface area contributed by atoms with Gasteiger partial charge in [0, 0.05) is 40.5 Å². The number of nitrogens with zero attached hydrogens (tertiary/aromatic N) is 1. The number of aliphatic hydroxyl groups is 1. The molecule has 19 heavy (non-hydrogen) atoms. The Balaban J connectivity index is 2.39. The van der Waals surface area contributed by atoms with Gasteiger partial charge in [0.2, 0.25) is 0 Å². The minimum atomic E-state index is -0.122. The lowest BCUT2D eigenvalue weighted by molar-refractivity contribution is 0.0240. The average molecular weight is 273 g/mol. The predicted octanol–water partition coefficient (Wildman–Crippen LogP) is 1.77. The van der Waals surface area contributed by atoms with E-state index in [4.69, 9.17) is 9.47 Å². The maximum atomic E-state index is 10.2. The second-order valence-electron chi connectivity index (χ2n) is 5.89. The SMILES string of the molecule is COCCCN(CCOC)CC1CC(C)CCC1O. The molecule has 0 radical (unpaired) electrons. The van der Waals surface area contributed by atoms with Crippen molar-refractivity contribution in [2.24, 2.45) is 11.8 Å². The van der Waals surface area contributed by atoms with Crippen LogP contribution >= 0.6 is 0 Å². The Morgan fingerprint density at radius 2 is 1.84 bits per heavy atom. The van der Waals surface area contributed by atoms with Gasteiger partial charge in [0.05, 0.1) is 12.7 Å². The molecule has 1 aliphatic rings. The van der Waals surface area contributed by atoms with Crippen LogP contribution in [-0.2, 0) is 9.47 Å². The monoisotopic (exact) mass is 273 g/mol. The highest BCUT2D eigenvalue weighted by molar-refractivity contribution is 4.80. The fraction of sp³-hybridized carbons (Fsp3) is 1.00. The smallest absolute Gasteiger partial charge is 0.0589 e. The number of rotatable bonds is 9. The first-order chi connectivity index (χ1) is 9.17. The molecule has 0 amide bonds. The number of aliphatic hydroxyl groups excluding tert-OH is 1. The standard InChI is InChI=1S/C15H31NO3/c1-13-5-6-15(17)14(11-13)12-16(8-10-19-3)7-4-9-18-2/h13-15,17H,4-12H2,1-3H3. The first kappa shape index (κ1) is 16.9. The molecule has 114 valence electrons. The van der Waals surface area contributed by atoms with Gasteiger partial charge in [0.15, 0.2) is 0 Å². The Morgan fingerprint density at radius 3 is 2.53 bits per heavy atom. The second-order valence-corrected chi connectivity index (χ2v) is 5.89. The van der Waals surface area contributed by atoms with Crippen LogP contribution in [0.4, 0.5) is 0 Å². The summed E-state index contributed by atoms with van der Waals surface area (Å²) < 4.78 is 10.3. The van der Waals surface area contributed by atoms with E-state index in [9.17, 15) is 5.11 Å². The highest BCUT2D eigenvalue weighted by Gasteiger charge is 2.28. The molecule has 0 heterocycles. The molecular weight excluding hydrogens is 242 g/mol. The highest BCUT2D eigenvalue weighted by Crippen LogP contribution is 2.29. The summed E-state index contributed by atoms with van der Waals surface area (Å²) in [5.41, 5.74) is 0. The van der Waals surface area contributed by atoms with Crippen LogP contribution < -0.4 is 0 Å². The zero-order valence-corrected chi connectivity index (χ0v) is 12.8. The van der Waals surface area contributed by atoms with E-state index in [0.717, 1.165) is 58.0 Å². The zero-order chi connectivity index (χ0) is 14.1. The van der Waals surface area contributed by atoms with Gasteiger partial charge < -0.3 is 19.5 Å². The fourth-order valence-electron chi connectivity index (χ4n) is 2.96. The molecule has 0 spiro atoms. The van der Waals surface area contributed by atoms with Crippen molar-refractivity contribution in [3.05, 3.63) is 0 Å². The van der Waals surface area contributed by atoms with Crippen LogP contribution in [0, 0.1) is 11.8 Å². The van der Waals surface area contributed by atoms with Crippen molar-refractivity contribution in [3.63, 3.8) is 0 Å². The average Bonchev–Trinajstić information content (AvgIpc) is 2.40. The van der Waals surface area contributed by atoms with Gasteiger partial charge in [-0.3, -0.25) is 0 Å². The lowest BCUT2D eigenvalue weighted by Crippen LogP contribution is -2.40. The van der Waals surface area contributed by atoms with Crippen LogP contribution in [-0.4, -0.2) is 63.2 Å². The molecule has 0 aromatic rings. The molecule has 0 aromatic carbocycles. The number of ether oxygens (including phenoxy) is 2. The number of hydrogen-bond acceptors (Lipinski definition) is 4. The van der Waals surface area contributed by atoms with Crippen molar-refractivity contribution in [3.8, 4) is 0 Å². The molecule has 4 nitrogen and oxygen atoms in total. The summed E-state index contributed by atoms with van der Waals surface area (Å²) >= 11 is 0. The quantitative estimate of drug-likeness (QED) is 0.650. The summed E-state index contributed by atoms with van der Waals surface area (Å²) in [7, 11) is 3.48.